The number of nitrogens with zero attached hydrogens (tertiary/aromatic N) is 4. The third-order valence-electron chi connectivity index (χ3n) is 7.13. The van der Waals surface area contributed by atoms with Crippen LogP contribution in [0.1, 0.15) is 46.8 Å². The van der Waals surface area contributed by atoms with Crippen molar-refractivity contribution in [1.82, 2.24) is 19.7 Å². The highest BCUT2D eigenvalue weighted by atomic mass is 35.5. The number of nitrogens with one attached hydrogen (secondary N) is 1. The van der Waals surface area contributed by atoms with Crippen LogP contribution in [0.25, 0.3) is 11.1 Å². The number of hydrogen-bond acceptors (Lipinski definition) is 6. The van der Waals surface area contributed by atoms with Crippen molar-refractivity contribution >= 4 is 34.8 Å². The van der Waals surface area contributed by atoms with Crippen LogP contribution in [0.4, 0.5) is 21.7 Å². The SMILES string of the molecule is Cc1cn([C@H]2CC[C@]3(CNc4ncc(-c5ccc(N)c(C(=O)N(C)C)c5F)c(Cl)c43)C2)nc1N. The van der Waals surface area contributed by atoms with E-state index in [9.17, 15) is 4.79 Å². The van der Waals surface area contributed by atoms with E-state index in [0.717, 1.165) is 30.4 Å². The van der Waals surface area contributed by atoms with Crippen LogP contribution in [0.5, 0.6) is 0 Å². The van der Waals surface area contributed by atoms with E-state index in [1.165, 1.54) is 11.0 Å². The zero-order valence-corrected chi connectivity index (χ0v) is 20.1. The normalized spacial score (nSPS) is 21.0. The third-order valence-corrected chi connectivity index (χ3v) is 7.53. The zero-order valence-electron chi connectivity index (χ0n) is 19.3. The number of hydrogen-bond donors (Lipinski definition) is 3. The molecular formula is C24H27ClFN7O. The largest absolute Gasteiger partial charge is 0.398 e. The Bertz CT molecular complexity index is 1300. The van der Waals surface area contributed by atoms with Gasteiger partial charge in [-0.15, -0.1) is 0 Å². The van der Waals surface area contributed by atoms with Crippen molar-refractivity contribution in [1.29, 1.82) is 0 Å². The first-order valence-electron chi connectivity index (χ1n) is 11.2. The molecule has 2 aliphatic rings. The molecule has 3 heterocycles. The summed E-state index contributed by atoms with van der Waals surface area (Å²) in [5.41, 5.74) is 14.1. The molecule has 10 heteroatoms. The second-order valence-corrected chi connectivity index (χ2v) is 9.89. The van der Waals surface area contributed by atoms with Gasteiger partial charge in [0, 0.05) is 66.4 Å². The van der Waals surface area contributed by atoms with E-state index in [2.05, 4.69) is 15.4 Å². The topological polar surface area (TPSA) is 115 Å². The van der Waals surface area contributed by atoms with Gasteiger partial charge in [0.15, 0.2) is 0 Å². The maximum Gasteiger partial charge on any atom is 0.258 e. The minimum atomic E-state index is -0.700. The van der Waals surface area contributed by atoms with Crippen LogP contribution in [0.15, 0.2) is 24.5 Å². The summed E-state index contributed by atoms with van der Waals surface area (Å²) in [7, 11) is 3.11. The molecule has 1 spiro atoms. The molecule has 1 aromatic carbocycles. The summed E-state index contributed by atoms with van der Waals surface area (Å²) in [5, 5.41) is 8.31. The number of carbonyl (C=O) groups excluding carboxylic acids is 1. The molecule has 178 valence electrons. The van der Waals surface area contributed by atoms with Gasteiger partial charge in [0.25, 0.3) is 5.91 Å². The Hall–Kier alpha value is -3.33. The molecule has 1 fully saturated rings. The fourth-order valence-corrected chi connectivity index (χ4v) is 5.71. The van der Waals surface area contributed by atoms with Crippen molar-refractivity contribution in [3.63, 3.8) is 0 Å². The molecule has 2 aromatic heterocycles. The predicted molar refractivity (Wildman–Crippen MR) is 132 cm³/mol. The van der Waals surface area contributed by atoms with Gasteiger partial charge in [0.1, 0.15) is 17.5 Å². The lowest BCUT2D eigenvalue weighted by molar-refractivity contribution is 0.0824. The summed E-state index contributed by atoms with van der Waals surface area (Å²) in [6.07, 6.45) is 6.14. The van der Waals surface area contributed by atoms with E-state index in [4.69, 9.17) is 23.1 Å². The molecule has 1 saturated carbocycles. The van der Waals surface area contributed by atoms with Gasteiger partial charge in [-0.05, 0) is 38.3 Å². The van der Waals surface area contributed by atoms with Crippen LogP contribution < -0.4 is 16.8 Å². The maximum absolute atomic E-state index is 15.6. The number of rotatable bonds is 3. The van der Waals surface area contributed by atoms with Crippen molar-refractivity contribution in [2.24, 2.45) is 0 Å². The Morgan fingerprint density at radius 3 is 2.76 bits per heavy atom. The van der Waals surface area contributed by atoms with Crippen molar-refractivity contribution in [3.05, 3.63) is 52.1 Å². The Kier molecular flexibility index (Phi) is 5.20. The molecule has 0 radical (unpaired) electrons. The molecular weight excluding hydrogens is 457 g/mol. The number of fused-ring (bicyclic) bond motifs is 2. The van der Waals surface area contributed by atoms with Crippen molar-refractivity contribution in [3.8, 4) is 11.1 Å². The predicted octanol–water partition coefficient (Wildman–Crippen LogP) is 4.00. The Balaban J connectivity index is 1.57. The lowest BCUT2D eigenvalue weighted by Crippen LogP contribution is -2.26. The molecule has 3 aromatic rings. The number of nitrogen functional groups attached to an aromatic ring is 2. The number of halogens is 2. The Labute approximate surface area is 202 Å². The monoisotopic (exact) mass is 483 g/mol. The average Bonchev–Trinajstić information content (AvgIpc) is 3.48. The van der Waals surface area contributed by atoms with E-state index in [0.29, 0.717) is 28.8 Å². The van der Waals surface area contributed by atoms with Crippen molar-refractivity contribution < 1.29 is 9.18 Å². The van der Waals surface area contributed by atoms with Crippen LogP contribution in [-0.4, -0.2) is 46.2 Å². The standard InChI is InChI=1S/C24H27ClFN7O/c1-12-10-33(31-21(12)28)13-6-7-24(8-13)11-30-22-18(24)19(25)15(9-29-22)14-4-5-16(27)17(20(14)26)23(34)32(2)3/h4-5,9-10,13H,6-8,11,27H2,1-3H3,(H2,28,31)(H,29,30)/t13-,24+/m0/s1. The lowest BCUT2D eigenvalue weighted by Gasteiger charge is -2.25. The van der Waals surface area contributed by atoms with Gasteiger partial charge in [0.05, 0.1) is 16.6 Å². The molecule has 5 N–H and O–H groups in total. The highest BCUT2D eigenvalue weighted by Crippen LogP contribution is 2.54. The van der Waals surface area contributed by atoms with Crippen molar-refractivity contribution in [2.75, 3.05) is 37.4 Å². The summed E-state index contributed by atoms with van der Waals surface area (Å²) >= 11 is 6.97. The van der Waals surface area contributed by atoms with Gasteiger partial charge >= 0.3 is 0 Å². The quantitative estimate of drug-likeness (QED) is 0.485. The zero-order chi connectivity index (χ0) is 24.4. The number of aromatic nitrogens is 3. The van der Waals surface area contributed by atoms with E-state index in [1.807, 2.05) is 17.8 Å². The summed E-state index contributed by atoms with van der Waals surface area (Å²) in [4.78, 5) is 18.4. The summed E-state index contributed by atoms with van der Waals surface area (Å²) < 4.78 is 17.5. The summed E-state index contributed by atoms with van der Waals surface area (Å²) in [6, 6.07) is 3.26. The molecule has 34 heavy (non-hydrogen) atoms. The van der Waals surface area contributed by atoms with Gasteiger partial charge in [-0.1, -0.05) is 11.6 Å². The van der Waals surface area contributed by atoms with Crippen LogP contribution in [0.2, 0.25) is 5.02 Å². The first-order valence-corrected chi connectivity index (χ1v) is 11.5. The van der Waals surface area contributed by atoms with E-state index >= 15 is 4.39 Å². The number of carbonyl (C=O) groups is 1. The number of aryl methyl sites for hydroxylation is 1. The van der Waals surface area contributed by atoms with Crippen LogP contribution in [0.3, 0.4) is 0 Å². The number of amides is 1. The first kappa shape index (κ1) is 22.5. The Morgan fingerprint density at radius 2 is 2.09 bits per heavy atom. The third kappa shape index (κ3) is 3.29. The highest BCUT2D eigenvalue weighted by molar-refractivity contribution is 6.34. The van der Waals surface area contributed by atoms with Crippen LogP contribution in [0, 0.1) is 12.7 Å². The molecule has 1 amide bonds. The molecule has 1 aliphatic heterocycles. The van der Waals surface area contributed by atoms with Gasteiger partial charge in [0.2, 0.25) is 0 Å². The summed E-state index contributed by atoms with van der Waals surface area (Å²) in [6.45, 7) is 2.64. The van der Waals surface area contributed by atoms with Crippen LogP contribution >= 0.6 is 11.6 Å². The van der Waals surface area contributed by atoms with Gasteiger partial charge < -0.3 is 21.7 Å². The highest BCUT2D eigenvalue weighted by Gasteiger charge is 2.48. The van der Waals surface area contributed by atoms with E-state index < -0.39 is 11.7 Å². The molecule has 5 rings (SSSR count). The van der Waals surface area contributed by atoms with Gasteiger partial charge in [-0.25, -0.2) is 9.37 Å². The van der Waals surface area contributed by atoms with Crippen LogP contribution in [-0.2, 0) is 5.41 Å². The molecule has 1 aliphatic carbocycles. The first-order chi connectivity index (χ1) is 16.1. The molecule has 2 atom stereocenters. The summed E-state index contributed by atoms with van der Waals surface area (Å²) in [5.74, 6) is 0.0441. The van der Waals surface area contributed by atoms with Crippen molar-refractivity contribution in [2.45, 2.75) is 37.6 Å². The molecule has 8 nitrogen and oxygen atoms in total. The Morgan fingerprint density at radius 1 is 1.32 bits per heavy atom. The minimum Gasteiger partial charge on any atom is -0.398 e. The number of nitrogens with two attached hydrogens (primary N) is 2. The number of anilines is 3. The number of benzene rings is 1. The minimum absolute atomic E-state index is 0.0794. The molecule has 0 unspecified atom stereocenters. The van der Waals surface area contributed by atoms with Gasteiger partial charge in [-0.2, -0.15) is 5.10 Å². The second kappa shape index (κ2) is 7.87. The van der Waals surface area contributed by atoms with Gasteiger partial charge in [-0.3, -0.25) is 9.48 Å². The number of pyridine rings is 1. The lowest BCUT2D eigenvalue weighted by atomic mass is 9.80. The van der Waals surface area contributed by atoms with E-state index in [-0.39, 0.29) is 28.3 Å². The smallest absolute Gasteiger partial charge is 0.258 e. The maximum atomic E-state index is 15.6. The van der Waals surface area contributed by atoms with E-state index in [1.54, 1.807) is 26.4 Å². The fourth-order valence-electron chi connectivity index (χ4n) is 5.27. The molecule has 0 bridgehead atoms. The molecule has 0 saturated heterocycles. The fraction of sp³-hybridized carbons (Fsp3) is 0.375. The second-order valence-electron chi connectivity index (χ2n) is 9.51. The average molecular weight is 484 g/mol.